The van der Waals surface area contributed by atoms with Gasteiger partial charge in [0.1, 0.15) is 4.88 Å². The van der Waals surface area contributed by atoms with Crippen LogP contribution in [0.3, 0.4) is 0 Å². The Kier molecular flexibility index (Phi) is 8.16. The van der Waals surface area contributed by atoms with Gasteiger partial charge in [0.15, 0.2) is 0 Å². The molecule has 1 unspecified atom stereocenters. The van der Waals surface area contributed by atoms with Crippen molar-refractivity contribution in [2.45, 2.75) is 59.0 Å². The molecule has 3 aliphatic heterocycles. The fraction of sp³-hybridized carbons (Fsp3) is 0.655. The third-order valence-corrected chi connectivity index (χ3v) is 9.23. The summed E-state index contributed by atoms with van der Waals surface area (Å²) in [5.41, 5.74) is 4.27. The number of amides is 2. The lowest BCUT2D eigenvalue weighted by Gasteiger charge is -2.48. The summed E-state index contributed by atoms with van der Waals surface area (Å²) in [5.74, 6) is 1.20. The number of nitrogens with zero attached hydrogens (tertiary/aromatic N) is 4. The highest BCUT2D eigenvalue weighted by molar-refractivity contribution is 7.11. The van der Waals surface area contributed by atoms with Crippen molar-refractivity contribution in [1.29, 1.82) is 0 Å². The Hall–Kier alpha value is -2.36. The fourth-order valence-electron chi connectivity index (χ4n) is 5.88. The maximum atomic E-state index is 12.4. The lowest BCUT2D eigenvalue weighted by molar-refractivity contribution is -0.144. The highest BCUT2D eigenvalue weighted by Crippen LogP contribution is 2.54. The summed E-state index contributed by atoms with van der Waals surface area (Å²) in [6.07, 6.45) is 5.85. The number of aromatic nitrogens is 2. The molecule has 0 bridgehead atoms. The van der Waals surface area contributed by atoms with E-state index in [0.717, 1.165) is 77.4 Å². The van der Waals surface area contributed by atoms with Gasteiger partial charge in [0.2, 0.25) is 5.91 Å². The van der Waals surface area contributed by atoms with Crippen LogP contribution in [0.4, 0.5) is 0 Å². The Morgan fingerprint density at radius 1 is 1.16 bits per heavy atom. The van der Waals surface area contributed by atoms with Crippen LogP contribution in [0.1, 0.15) is 73.4 Å². The smallest absolute Gasteiger partial charge is 0.265 e. The van der Waals surface area contributed by atoms with E-state index in [1.54, 1.807) is 11.7 Å². The highest BCUT2D eigenvalue weighted by Gasteiger charge is 2.57. The van der Waals surface area contributed by atoms with Crippen molar-refractivity contribution in [3.63, 3.8) is 0 Å². The molecule has 1 spiro atoms. The molecule has 2 aromatic rings. The number of carbonyl (C=O) groups is 2. The van der Waals surface area contributed by atoms with Crippen LogP contribution in [0.15, 0.2) is 29.9 Å². The van der Waals surface area contributed by atoms with E-state index in [9.17, 15) is 9.59 Å². The van der Waals surface area contributed by atoms with Gasteiger partial charge in [-0.05, 0) is 50.2 Å². The second-order valence-corrected chi connectivity index (χ2v) is 12.7. The van der Waals surface area contributed by atoms with E-state index in [2.05, 4.69) is 35.9 Å². The summed E-state index contributed by atoms with van der Waals surface area (Å²) in [7, 11) is 0. The van der Waals surface area contributed by atoms with E-state index in [0.29, 0.717) is 23.3 Å². The van der Waals surface area contributed by atoms with Crippen molar-refractivity contribution in [3.05, 3.63) is 46.2 Å². The van der Waals surface area contributed by atoms with Gasteiger partial charge in [-0.25, -0.2) is 0 Å². The molecular weight excluding hydrogens is 500 g/mol. The molecule has 0 aromatic carbocycles. The van der Waals surface area contributed by atoms with E-state index in [4.69, 9.17) is 9.47 Å². The normalized spacial score (nSPS) is 23.5. The lowest BCUT2D eigenvalue weighted by Crippen LogP contribution is -2.60. The van der Waals surface area contributed by atoms with Gasteiger partial charge in [-0.3, -0.25) is 19.6 Å². The number of rotatable bonds is 6. The predicted octanol–water partition coefficient (Wildman–Crippen LogP) is 4.38. The van der Waals surface area contributed by atoms with Gasteiger partial charge in [0, 0.05) is 68.9 Å². The van der Waals surface area contributed by atoms with Crippen molar-refractivity contribution in [2.24, 2.45) is 16.7 Å². The van der Waals surface area contributed by atoms with Gasteiger partial charge in [-0.2, -0.15) is 0 Å². The third kappa shape index (κ3) is 6.10. The molecule has 5 heterocycles. The summed E-state index contributed by atoms with van der Waals surface area (Å²) in [6, 6.07) is 6.22. The Balaban J connectivity index is 0.000000163. The van der Waals surface area contributed by atoms with Gasteiger partial charge < -0.3 is 19.3 Å². The molecule has 6 rings (SSSR count). The van der Waals surface area contributed by atoms with Gasteiger partial charge in [-0.15, -0.1) is 11.3 Å². The van der Waals surface area contributed by atoms with Crippen LogP contribution < -0.4 is 0 Å². The first-order valence-electron chi connectivity index (χ1n) is 13.9. The highest BCUT2D eigenvalue weighted by atomic mass is 32.1. The van der Waals surface area contributed by atoms with Gasteiger partial charge in [0.05, 0.1) is 24.0 Å². The molecule has 4 aliphatic rings. The molecule has 4 fully saturated rings. The van der Waals surface area contributed by atoms with Crippen LogP contribution in [-0.2, 0) is 20.9 Å². The summed E-state index contributed by atoms with van der Waals surface area (Å²) >= 11 is 1.39. The Morgan fingerprint density at radius 2 is 1.89 bits per heavy atom. The molecule has 206 valence electrons. The zero-order valence-electron chi connectivity index (χ0n) is 22.9. The number of likely N-dealkylation sites (tertiary alicyclic amines) is 2. The van der Waals surface area contributed by atoms with Crippen molar-refractivity contribution in [1.82, 2.24) is 19.8 Å². The number of ether oxygens (including phenoxy) is 2. The summed E-state index contributed by atoms with van der Waals surface area (Å²) in [4.78, 5) is 38.0. The standard InChI is InChI=1S/C16H21N3O2S.C13H19NO2/c1-15(2)5-11(15)13(20)19-8-16(9-19)3-4-18(7-16)14(21)12-6-17-10-22-12;1-2-15-10-12-4-3-5-13(14-12)11-6-8-16-9-7-11/h6,10-11H,3-5,7-9H2,1-2H3;3-5,11H,2,6-10H2,1H3. The lowest BCUT2D eigenvalue weighted by atomic mass is 9.78. The zero-order valence-corrected chi connectivity index (χ0v) is 23.7. The van der Waals surface area contributed by atoms with Crippen molar-refractivity contribution in [2.75, 3.05) is 46.0 Å². The number of carbonyl (C=O) groups excluding carboxylic acids is 2. The molecule has 1 saturated carbocycles. The zero-order chi connectivity index (χ0) is 26.8. The van der Waals surface area contributed by atoms with Crippen LogP contribution in [0.5, 0.6) is 0 Å². The number of pyridine rings is 1. The molecule has 9 heteroatoms. The van der Waals surface area contributed by atoms with E-state index < -0.39 is 0 Å². The molecule has 38 heavy (non-hydrogen) atoms. The largest absolute Gasteiger partial charge is 0.381 e. The Morgan fingerprint density at radius 3 is 2.55 bits per heavy atom. The van der Waals surface area contributed by atoms with E-state index in [-0.39, 0.29) is 22.7 Å². The number of hydrogen-bond donors (Lipinski definition) is 0. The monoisotopic (exact) mass is 540 g/mol. The quantitative estimate of drug-likeness (QED) is 0.541. The third-order valence-electron chi connectivity index (χ3n) is 8.47. The SMILES string of the molecule is CC1(C)CC1C(=O)N1CC2(CCN(C(=O)c3cncs3)C2)C1.CCOCc1cccc(C2CCOCC2)n1. The van der Waals surface area contributed by atoms with Crippen LogP contribution in [0.2, 0.25) is 0 Å². The molecular formula is C29H40N4O4S. The summed E-state index contributed by atoms with van der Waals surface area (Å²) < 4.78 is 10.7. The van der Waals surface area contributed by atoms with E-state index in [1.807, 2.05) is 22.8 Å². The molecule has 2 aromatic heterocycles. The molecule has 1 atom stereocenters. The van der Waals surface area contributed by atoms with Gasteiger partial charge >= 0.3 is 0 Å². The van der Waals surface area contributed by atoms with Crippen LogP contribution in [0.25, 0.3) is 0 Å². The summed E-state index contributed by atoms with van der Waals surface area (Å²) in [5, 5.41) is 0. The average Bonchev–Trinajstić information content (AvgIpc) is 3.32. The van der Waals surface area contributed by atoms with Crippen molar-refractivity contribution in [3.8, 4) is 0 Å². The fourth-order valence-corrected chi connectivity index (χ4v) is 6.47. The van der Waals surface area contributed by atoms with Crippen molar-refractivity contribution >= 4 is 23.2 Å². The minimum absolute atomic E-state index is 0.0903. The minimum atomic E-state index is 0.0903. The second-order valence-electron chi connectivity index (χ2n) is 11.9. The predicted molar refractivity (Wildman–Crippen MR) is 146 cm³/mol. The maximum absolute atomic E-state index is 12.4. The molecule has 1 aliphatic carbocycles. The van der Waals surface area contributed by atoms with Crippen LogP contribution in [0, 0.1) is 16.7 Å². The van der Waals surface area contributed by atoms with Crippen LogP contribution in [-0.4, -0.2) is 77.6 Å². The average molecular weight is 541 g/mol. The first kappa shape index (κ1) is 27.2. The second kappa shape index (κ2) is 11.4. The molecule has 0 N–H and O–H groups in total. The minimum Gasteiger partial charge on any atom is -0.381 e. The Labute approximate surface area is 229 Å². The number of thiazole rings is 1. The van der Waals surface area contributed by atoms with E-state index in [1.165, 1.54) is 17.0 Å². The van der Waals surface area contributed by atoms with Crippen molar-refractivity contribution < 1.29 is 19.1 Å². The molecule has 2 amide bonds. The first-order chi connectivity index (χ1) is 18.3. The molecule has 0 radical (unpaired) electrons. The molecule has 8 nitrogen and oxygen atoms in total. The maximum Gasteiger partial charge on any atom is 0.265 e. The van der Waals surface area contributed by atoms with Gasteiger partial charge in [0.25, 0.3) is 5.91 Å². The first-order valence-corrected chi connectivity index (χ1v) is 14.8. The molecule has 3 saturated heterocycles. The van der Waals surface area contributed by atoms with Gasteiger partial charge in [-0.1, -0.05) is 19.9 Å². The number of hydrogen-bond acceptors (Lipinski definition) is 7. The Bertz CT molecular complexity index is 1110. The summed E-state index contributed by atoms with van der Waals surface area (Å²) in [6.45, 7) is 12.6. The van der Waals surface area contributed by atoms with E-state index >= 15 is 0 Å². The topological polar surface area (TPSA) is 84.9 Å². The van der Waals surface area contributed by atoms with Crippen LogP contribution >= 0.6 is 11.3 Å².